The molecule has 0 aliphatic rings. The van der Waals surface area contributed by atoms with Crippen molar-refractivity contribution in [3.63, 3.8) is 0 Å². The van der Waals surface area contributed by atoms with Gasteiger partial charge in [-0.2, -0.15) is 0 Å². The molecule has 3 N–H and O–H groups in total. The summed E-state index contributed by atoms with van der Waals surface area (Å²) < 4.78 is 0. The Morgan fingerprint density at radius 3 is 1.24 bits per heavy atom. The van der Waals surface area contributed by atoms with Crippen molar-refractivity contribution in [1.82, 2.24) is 5.32 Å². The van der Waals surface area contributed by atoms with Gasteiger partial charge in [-0.05, 0) is 19.3 Å². The lowest BCUT2D eigenvalue weighted by atomic mass is 10.0. The lowest BCUT2D eigenvalue weighted by molar-refractivity contribution is -0.123. The number of unbranched alkanes of at least 4 members (excludes halogenated alkanes) is 27. The standard InChI is InChI=1S/C38H75NO3/c1-3-5-7-9-11-13-15-17-19-20-22-24-26-28-30-32-34-38(42)39-36(35-40)37(41)33-31-29-27-25-23-21-18-16-14-12-10-8-6-4-2/h31,33,36-37,40-41H,3-30,32,34-35H2,1-2H3,(H,39,42)/b33-31+/t36-,37+/m0/s1. The third-order valence-electron chi connectivity index (χ3n) is 8.77. The maximum absolute atomic E-state index is 12.3. The summed E-state index contributed by atoms with van der Waals surface area (Å²) >= 11 is 0. The molecule has 0 rings (SSSR count). The molecule has 0 unspecified atom stereocenters. The molecule has 4 heteroatoms. The highest BCUT2D eigenvalue weighted by molar-refractivity contribution is 5.76. The minimum absolute atomic E-state index is 0.0622. The van der Waals surface area contributed by atoms with Crippen molar-refractivity contribution in [2.45, 2.75) is 219 Å². The van der Waals surface area contributed by atoms with E-state index in [0.717, 1.165) is 25.7 Å². The first kappa shape index (κ1) is 41.1. The van der Waals surface area contributed by atoms with Crippen molar-refractivity contribution >= 4 is 5.91 Å². The first-order valence-electron chi connectivity index (χ1n) is 18.9. The van der Waals surface area contributed by atoms with Gasteiger partial charge in [-0.15, -0.1) is 0 Å². The fourth-order valence-electron chi connectivity index (χ4n) is 5.82. The van der Waals surface area contributed by atoms with Crippen LogP contribution >= 0.6 is 0 Å². The van der Waals surface area contributed by atoms with Gasteiger partial charge in [0.05, 0.1) is 18.8 Å². The molecule has 0 bridgehead atoms. The van der Waals surface area contributed by atoms with Crippen LogP contribution in [0.4, 0.5) is 0 Å². The Morgan fingerprint density at radius 1 is 0.548 bits per heavy atom. The van der Waals surface area contributed by atoms with Gasteiger partial charge in [0.2, 0.25) is 5.91 Å². The minimum Gasteiger partial charge on any atom is -0.394 e. The van der Waals surface area contributed by atoms with E-state index in [1.807, 2.05) is 6.08 Å². The van der Waals surface area contributed by atoms with Crippen LogP contribution in [0.5, 0.6) is 0 Å². The summed E-state index contributed by atoms with van der Waals surface area (Å²) in [6, 6.07) is -0.614. The second-order valence-electron chi connectivity index (χ2n) is 13.0. The number of hydrogen-bond donors (Lipinski definition) is 3. The van der Waals surface area contributed by atoms with Crippen LogP contribution in [-0.4, -0.2) is 34.9 Å². The number of amides is 1. The van der Waals surface area contributed by atoms with Crippen LogP contribution in [0.2, 0.25) is 0 Å². The van der Waals surface area contributed by atoms with E-state index in [1.54, 1.807) is 6.08 Å². The first-order chi connectivity index (χ1) is 20.7. The summed E-state index contributed by atoms with van der Waals surface area (Å²) in [5.74, 6) is -0.0622. The Bertz CT molecular complexity index is 565. The molecule has 0 saturated carbocycles. The second-order valence-corrected chi connectivity index (χ2v) is 13.0. The highest BCUT2D eigenvalue weighted by Gasteiger charge is 2.17. The van der Waals surface area contributed by atoms with Crippen molar-refractivity contribution in [2.24, 2.45) is 0 Å². The van der Waals surface area contributed by atoms with Gasteiger partial charge in [0.1, 0.15) is 0 Å². The average Bonchev–Trinajstić information content (AvgIpc) is 2.99. The number of rotatable bonds is 34. The molecule has 250 valence electrons. The molecule has 0 saturated heterocycles. The van der Waals surface area contributed by atoms with E-state index >= 15 is 0 Å². The fourth-order valence-corrected chi connectivity index (χ4v) is 5.82. The van der Waals surface area contributed by atoms with Gasteiger partial charge in [-0.1, -0.05) is 193 Å². The number of hydrogen-bond acceptors (Lipinski definition) is 3. The molecule has 0 aromatic heterocycles. The number of carbonyl (C=O) groups is 1. The van der Waals surface area contributed by atoms with Crippen LogP contribution in [0.15, 0.2) is 12.2 Å². The van der Waals surface area contributed by atoms with Crippen LogP contribution in [-0.2, 0) is 4.79 Å². The number of aliphatic hydroxyl groups excluding tert-OH is 2. The quantitative estimate of drug-likeness (QED) is 0.0513. The van der Waals surface area contributed by atoms with Crippen molar-refractivity contribution in [3.8, 4) is 0 Å². The fraction of sp³-hybridized carbons (Fsp3) is 0.921. The summed E-state index contributed by atoms with van der Waals surface area (Å²) in [6.07, 6.45) is 41.5. The van der Waals surface area contributed by atoms with E-state index in [1.165, 1.54) is 161 Å². The minimum atomic E-state index is -0.831. The molecule has 0 aliphatic carbocycles. The van der Waals surface area contributed by atoms with Crippen LogP contribution in [0.3, 0.4) is 0 Å². The lowest BCUT2D eigenvalue weighted by Gasteiger charge is -2.20. The van der Waals surface area contributed by atoms with Crippen molar-refractivity contribution in [1.29, 1.82) is 0 Å². The number of nitrogens with one attached hydrogen (secondary N) is 1. The maximum Gasteiger partial charge on any atom is 0.220 e. The molecule has 0 fully saturated rings. The summed E-state index contributed by atoms with van der Waals surface area (Å²) in [6.45, 7) is 4.31. The van der Waals surface area contributed by atoms with Crippen molar-refractivity contribution in [3.05, 3.63) is 12.2 Å². The normalized spacial score (nSPS) is 13.1. The zero-order valence-corrected chi connectivity index (χ0v) is 28.5. The molecule has 0 aliphatic heterocycles. The van der Waals surface area contributed by atoms with Crippen LogP contribution in [0, 0.1) is 0 Å². The van der Waals surface area contributed by atoms with E-state index in [9.17, 15) is 15.0 Å². The van der Waals surface area contributed by atoms with Crippen LogP contribution < -0.4 is 5.32 Å². The summed E-state index contributed by atoms with van der Waals surface area (Å²) in [4.78, 5) is 12.3. The molecule has 0 spiro atoms. The summed E-state index contributed by atoms with van der Waals surface area (Å²) in [5, 5.41) is 22.9. The molecule has 0 heterocycles. The summed E-state index contributed by atoms with van der Waals surface area (Å²) in [7, 11) is 0. The van der Waals surface area contributed by atoms with E-state index in [-0.39, 0.29) is 12.5 Å². The van der Waals surface area contributed by atoms with Gasteiger partial charge in [-0.3, -0.25) is 4.79 Å². The largest absolute Gasteiger partial charge is 0.394 e. The molecule has 1 amide bonds. The van der Waals surface area contributed by atoms with Gasteiger partial charge >= 0.3 is 0 Å². The van der Waals surface area contributed by atoms with Crippen molar-refractivity contribution in [2.75, 3.05) is 6.61 Å². The Balaban J connectivity index is 3.58. The highest BCUT2D eigenvalue weighted by Crippen LogP contribution is 2.15. The van der Waals surface area contributed by atoms with E-state index in [2.05, 4.69) is 19.2 Å². The molecule has 0 aromatic carbocycles. The van der Waals surface area contributed by atoms with Crippen molar-refractivity contribution < 1.29 is 15.0 Å². The third kappa shape index (κ3) is 30.6. The van der Waals surface area contributed by atoms with E-state index in [4.69, 9.17) is 0 Å². The van der Waals surface area contributed by atoms with E-state index in [0.29, 0.717) is 6.42 Å². The first-order valence-corrected chi connectivity index (χ1v) is 18.9. The molecule has 4 nitrogen and oxygen atoms in total. The Labute approximate surface area is 263 Å². The Morgan fingerprint density at radius 2 is 0.881 bits per heavy atom. The van der Waals surface area contributed by atoms with Crippen LogP contribution in [0.25, 0.3) is 0 Å². The monoisotopic (exact) mass is 594 g/mol. The highest BCUT2D eigenvalue weighted by atomic mass is 16.3. The van der Waals surface area contributed by atoms with Gasteiger partial charge in [0.25, 0.3) is 0 Å². The second kappa shape index (κ2) is 34.6. The molecule has 0 aromatic rings. The summed E-state index contributed by atoms with van der Waals surface area (Å²) in [5.41, 5.74) is 0. The third-order valence-corrected chi connectivity index (χ3v) is 8.77. The van der Waals surface area contributed by atoms with Gasteiger partial charge in [0, 0.05) is 6.42 Å². The zero-order valence-electron chi connectivity index (χ0n) is 28.5. The maximum atomic E-state index is 12.3. The zero-order chi connectivity index (χ0) is 30.8. The molecule has 42 heavy (non-hydrogen) atoms. The average molecular weight is 594 g/mol. The van der Waals surface area contributed by atoms with E-state index < -0.39 is 12.1 Å². The SMILES string of the molecule is CCCCCCCCCCCCCC/C=C/[C@@H](O)[C@H](CO)NC(=O)CCCCCCCCCCCCCCCCCC. The van der Waals surface area contributed by atoms with Gasteiger partial charge < -0.3 is 15.5 Å². The molecular formula is C38H75NO3. The van der Waals surface area contributed by atoms with Gasteiger partial charge in [-0.25, -0.2) is 0 Å². The topological polar surface area (TPSA) is 69.6 Å². The predicted molar refractivity (Wildman–Crippen MR) is 184 cm³/mol. The van der Waals surface area contributed by atoms with Gasteiger partial charge in [0.15, 0.2) is 0 Å². The smallest absolute Gasteiger partial charge is 0.220 e. The number of carbonyl (C=O) groups excluding carboxylic acids is 1. The molecule has 0 radical (unpaired) electrons. The predicted octanol–water partition coefficient (Wildman–Crippen LogP) is 11.1. The van der Waals surface area contributed by atoms with Crippen LogP contribution in [0.1, 0.15) is 206 Å². The number of allylic oxidation sites excluding steroid dienone is 1. The lowest BCUT2D eigenvalue weighted by Crippen LogP contribution is -2.45. The molecular weight excluding hydrogens is 518 g/mol. The number of aliphatic hydroxyl groups is 2. The molecule has 2 atom stereocenters. The Hall–Kier alpha value is -0.870. The Kier molecular flexibility index (Phi) is 33.9.